The fraction of sp³-hybridized carbons (Fsp3) is 0.250. The fourth-order valence-corrected chi connectivity index (χ4v) is 4.76. The minimum atomic E-state index is -0.550. The summed E-state index contributed by atoms with van der Waals surface area (Å²) in [5, 5.41) is 12.5. The van der Waals surface area contributed by atoms with Crippen LogP contribution in [0.4, 0.5) is 16.4 Å². The quantitative estimate of drug-likeness (QED) is 0.183. The minimum absolute atomic E-state index is 0.0210. The number of carbonyl (C=O) groups is 2. The number of rotatable bonds is 8. The van der Waals surface area contributed by atoms with Gasteiger partial charge in [-0.3, -0.25) is 23.7 Å². The Kier molecular flexibility index (Phi) is 6.99. The van der Waals surface area contributed by atoms with Crippen LogP contribution < -0.4 is 27.2 Å². The molecule has 1 aliphatic rings. The zero-order valence-electron chi connectivity index (χ0n) is 19.1. The van der Waals surface area contributed by atoms with Crippen LogP contribution >= 0.6 is 11.5 Å². The van der Waals surface area contributed by atoms with Gasteiger partial charge in [-0.1, -0.05) is 19.1 Å². The number of fused-ring (bicyclic) bond motifs is 1. The van der Waals surface area contributed by atoms with E-state index in [4.69, 9.17) is 16.6 Å². The zero-order chi connectivity index (χ0) is 25.1. The predicted octanol–water partition coefficient (Wildman–Crippen LogP) is 2.13. The monoisotopic (exact) mass is 494 g/mol. The van der Waals surface area contributed by atoms with Crippen LogP contribution in [0.15, 0.2) is 52.3 Å². The van der Waals surface area contributed by atoms with Gasteiger partial charge in [-0.25, -0.2) is 0 Å². The van der Waals surface area contributed by atoms with Gasteiger partial charge < -0.3 is 26.8 Å². The molecule has 1 aromatic heterocycles. The average Bonchev–Trinajstić information content (AvgIpc) is 3.37. The molecule has 1 aliphatic heterocycles. The van der Waals surface area contributed by atoms with Crippen molar-refractivity contribution in [2.45, 2.75) is 19.3 Å². The number of carbonyl (C=O) groups excluding carboxylic acids is 2. The molecule has 1 unspecified atom stereocenters. The summed E-state index contributed by atoms with van der Waals surface area (Å²) in [6.45, 7) is 2.79. The molecule has 1 atom stereocenters. The van der Waals surface area contributed by atoms with Gasteiger partial charge in [0.2, 0.25) is 5.91 Å². The van der Waals surface area contributed by atoms with Gasteiger partial charge in [0.15, 0.2) is 0 Å². The third-order valence-electron chi connectivity index (χ3n) is 5.76. The first-order chi connectivity index (χ1) is 16.8. The number of nitrogens with zero attached hydrogens (tertiary/aromatic N) is 2. The van der Waals surface area contributed by atoms with Crippen LogP contribution in [0.25, 0.3) is 0 Å². The second-order valence-corrected chi connectivity index (χ2v) is 9.06. The van der Waals surface area contributed by atoms with Gasteiger partial charge in [0.1, 0.15) is 16.4 Å². The van der Waals surface area contributed by atoms with Crippen molar-refractivity contribution in [3.05, 3.63) is 75.1 Å². The van der Waals surface area contributed by atoms with E-state index in [9.17, 15) is 14.4 Å². The topological polar surface area (TPSA) is 167 Å². The first-order valence-corrected chi connectivity index (χ1v) is 11.9. The molecule has 0 aliphatic carbocycles. The molecule has 0 spiro atoms. The van der Waals surface area contributed by atoms with E-state index in [1.807, 2.05) is 13.0 Å². The van der Waals surface area contributed by atoms with Gasteiger partial charge in [-0.2, -0.15) is 0 Å². The number of amides is 2. The molecule has 0 radical (unpaired) electrons. The predicted molar refractivity (Wildman–Crippen MR) is 137 cm³/mol. The number of hydrogen-bond acceptors (Lipinski definition) is 7. The van der Waals surface area contributed by atoms with E-state index in [1.165, 1.54) is 0 Å². The molecule has 35 heavy (non-hydrogen) atoms. The molecule has 0 saturated carbocycles. The molecule has 2 aromatic carbocycles. The SMILES string of the molecule is CC1CN(C(=O)c2cccc(Nc3s[nH]c(=O)c3C(N)=NCCCO)c2)c2cc(C(N)=O)ccc21. The van der Waals surface area contributed by atoms with Crippen molar-refractivity contribution in [1.82, 2.24) is 4.37 Å². The van der Waals surface area contributed by atoms with Crippen LogP contribution in [0, 0.1) is 0 Å². The van der Waals surface area contributed by atoms with E-state index in [2.05, 4.69) is 14.7 Å². The number of aromatic nitrogens is 1. The van der Waals surface area contributed by atoms with Crippen LogP contribution in [0.1, 0.15) is 51.1 Å². The van der Waals surface area contributed by atoms with E-state index in [1.54, 1.807) is 41.3 Å². The van der Waals surface area contributed by atoms with Gasteiger partial charge in [0.25, 0.3) is 11.5 Å². The lowest BCUT2D eigenvalue weighted by Gasteiger charge is -2.18. The average molecular weight is 495 g/mol. The molecular formula is C24H26N6O4S. The number of nitrogens with two attached hydrogens (primary N) is 2. The number of nitrogens with one attached hydrogen (secondary N) is 2. The third kappa shape index (κ3) is 4.96. The van der Waals surface area contributed by atoms with E-state index in [-0.39, 0.29) is 35.4 Å². The lowest BCUT2D eigenvalue weighted by Crippen LogP contribution is -2.29. The van der Waals surface area contributed by atoms with Crippen molar-refractivity contribution >= 4 is 45.6 Å². The summed E-state index contributed by atoms with van der Waals surface area (Å²) in [5.41, 5.74) is 14.3. The number of benzene rings is 2. The Balaban J connectivity index is 1.60. The fourth-order valence-electron chi connectivity index (χ4n) is 4.00. The van der Waals surface area contributed by atoms with Crippen molar-refractivity contribution in [3.8, 4) is 0 Å². The highest BCUT2D eigenvalue weighted by molar-refractivity contribution is 7.10. The maximum atomic E-state index is 13.4. The largest absolute Gasteiger partial charge is 0.396 e. The number of H-pyrrole nitrogens is 1. The number of aliphatic hydroxyl groups excluding tert-OH is 1. The third-order valence-corrected chi connectivity index (χ3v) is 6.56. The van der Waals surface area contributed by atoms with Gasteiger partial charge in [0.05, 0.1) is 0 Å². The molecule has 3 aromatic rings. The van der Waals surface area contributed by atoms with Crippen LogP contribution in [0.3, 0.4) is 0 Å². The lowest BCUT2D eigenvalue weighted by molar-refractivity contribution is 0.0982. The standard InChI is InChI=1S/C24H26N6O4S/c1-13-12-30(18-11-14(21(26)32)6-7-17(13)18)24(34)15-4-2-5-16(10-15)28-23-19(22(33)29-35-23)20(25)27-8-3-9-31/h2,4-7,10-11,13,28,31H,3,8-9,12H2,1H3,(H2,25,27)(H2,26,32)(H,29,33). The van der Waals surface area contributed by atoms with E-state index in [0.29, 0.717) is 47.0 Å². The molecule has 10 nitrogen and oxygen atoms in total. The zero-order valence-corrected chi connectivity index (χ0v) is 19.9. The van der Waals surface area contributed by atoms with Crippen LogP contribution in [-0.4, -0.2) is 46.8 Å². The Morgan fingerprint density at radius 1 is 1.23 bits per heavy atom. The van der Waals surface area contributed by atoms with Crippen molar-refractivity contribution in [1.29, 1.82) is 0 Å². The normalized spacial score (nSPS) is 15.2. The van der Waals surface area contributed by atoms with Crippen LogP contribution in [0.2, 0.25) is 0 Å². The Hall–Kier alpha value is -3.96. The summed E-state index contributed by atoms with van der Waals surface area (Å²) >= 11 is 1.08. The highest BCUT2D eigenvalue weighted by Crippen LogP contribution is 2.37. The van der Waals surface area contributed by atoms with Gasteiger partial charge in [0, 0.05) is 48.1 Å². The first kappa shape index (κ1) is 24.2. The van der Waals surface area contributed by atoms with Gasteiger partial charge >= 0.3 is 0 Å². The van der Waals surface area contributed by atoms with Crippen LogP contribution in [-0.2, 0) is 0 Å². The number of amidine groups is 1. The minimum Gasteiger partial charge on any atom is -0.396 e. The number of aliphatic imine (C=N–C) groups is 1. The molecule has 0 saturated heterocycles. The first-order valence-electron chi connectivity index (χ1n) is 11.1. The Morgan fingerprint density at radius 2 is 2.03 bits per heavy atom. The van der Waals surface area contributed by atoms with Crippen molar-refractivity contribution < 1.29 is 14.7 Å². The summed E-state index contributed by atoms with van der Waals surface area (Å²) in [7, 11) is 0. The van der Waals surface area contributed by atoms with E-state index in [0.717, 1.165) is 17.1 Å². The molecule has 2 heterocycles. The molecule has 182 valence electrons. The second kappa shape index (κ2) is 10.1. The maximum absolute atomic E-state index is 13.4. The maximum Gasteiger partial charge on any atom is 0.271 e. The summed E-state index contributed by atoms with van der Waals surface area (Å²) in [4.78, 5) is 43.2. The molecule has 4 rings (SSSR count). The van der Waals surface area contributed by atoms with Crippen molar-refractivity contribution in [3.63, 3.8) is 0 Å². The molecule has 0 bridgehead atoms. The number of hydrogen-bond donors (Lipinski definition) is 5. The molecule has 11 heteroatoms. The van der Waals surface area contributed by atoms with Gasteiger partial charge in [-0.15, -0.1) is 0 Å². The Labute approximate surface area is 205 Å². The van der Waals surface area contributed by atoms with Crippen LogP contribution in [0.5, 0.6) is 0 Å². The van der Waals surface area contributed by atoms with Gasteiger partial charge in [-0.05, 0) is 53.8 Å². The summed E-state index contributed by atoms with van der Waals surface area (Å²) in [6.07, 6.45) is 0.439. The second-order valence-electron chi connectivity index (χ2n) is 8.24. The van der Waals surface area contributed by atoms with Crippen molar-refractivity contribution in [2.75, 3.05) is 29.9 Å². The molecule has 7 N–H and O–H groups in total. The smallest absolute Gasteiger partial charge is 0.271 e. The summed E-state index contributed by atoms with van der Waals surface area (Å²) < 4.78 is 2.64. The van der Waals surface area contributed by atoms with Crippen molar-refractivity contribution in [2.24, 2.45) is 16.5 Å². The Bertz CT molecular complexity index is 1360. The molecule has 0 fully saturated rings. The summed E-state index contributed by atoms with van der Waals surface area (Å²) in [6, 6.07) is 12.1. The Morgan fingerprint density at radius 3 is 2.77 bits per heavy atom. The highest BCUT2D eigenvalue weighted by Gasteiger charge is 2.31. The van der Waals surface area contributed by atoms with E-state index >= 15 is 0 Å². The van der Waals surface area contributed by atoms with E-state index < -0.39 is 5.91 Å². The highest BCUT2D eigenvalue weighted by atomic mass is 32.1. The summed E-state index contributed by atoms with van der Waals surface area (Å²) in [5.74, 6) is -0.576. The molecule has 2 amide bonds. The molecular weight excluding hydrogens is 468 g/mol. The number of primary amides is 1. The number of aliphatic hydroxyl groups is 1. The number of aromatic amines is 1. The lowest BCUT2D eigenvalue weighted by atomic mass is 10.0. The number of anilines is 3.